The highest BCUT2D eigenvalue weighted by Gasteiger charge is 2.31. The van der Waals surface area contributed by atoms with E-state index in [-0.39, 0.29) is 23.8 Å². The Morgan fingerprint density at radius 1 is 1.19 bits per heavy atom. The third-order valence-corrected chi connectivity index (χ3v) is 5.25. The average molecular weight is 499 g/mol. The lowest BCUT2D eigenvalue weighted by atomic mass is 10.0. The van der Waals surface area contributed by atoms with Gasteiger partial charge in [-0.15, -0.1) is 10.2 Å². The second kappa shape index (κ2) is 9.51. The standard InChI is InChI=1S/C23H17F4N7O2/c1-36-10-15-18(9-28)34-11-30-33-21(29)20(34)19(15)12-2-5-14(6-3-12)31-22(35)32-17-8-13(23(25,26)27)4-7-16(17)24/h2-8,11H,10H2,1H3,(H2,29,33)(H2,31,32,35). The maximum absolute atomic E-state index is 13.9. The Bertz CT molecular complexity index is 1490. The van der Waals surface area contributed by atoms with E-state index in [4.69, 9.17) is 10.5 Å². The third kappa shape index (κ3) is 4.62. The number of halogens is 4. The lowest BCUT2D eigenvalue weighted by Gasteiger charge is -2.12. The Kier molecular flexibility index (Phi) is 6.45. The van der Waals surface area contributed by atoms with Crippen molar-refractivity contribution in [2.75, 3.05) is 23.5 Å². The van der Waals surface area contributed by atoms with E-state index in [0.717, 1.165) is 0 Å². The van der Waals surface area contributed by atoms with Gasteiger partial charge in [-0.3, -0.25) is 4.40 Å². The van der Waals surface area contributed by atoms with Crippen LogP contribution in [-0.4, -0.2) is 27.7 Å². The predicted molar refractivity (Wildman–Crippen MR) is 122 cm³/mol. The molecule has 2 heterocycles. The number of rotatable bonds is 5. The fraction of sp³-hybridized carbons (Fsp3) is 0.130. The molecule has 0 unspecified atom stereocenters. The van der Waals surface area contributed by atoms with Gasteiger partial charge >= 0.3 is 12.2 Å². The number of nitrogens with one attached hydrogen (secondary N) is 2. The summed E-state index contributed by atoms with van der Waals surface area (Å²) in [4.78, 5) is 12.3. The number of alkyl halides is 3. The number of nitriles is 1. The van der Waals surface area contributed by atoms with E-state index in [1.807, 2.05) is 0 Å². The second-order valence-electron chi connectivity index (χ2n) is 7.53. The maximum atomic E-state index is 13.9. The first-order chi connectivity index (χ1) is 17.1. The summed E-state index contributed by atoms with van der Waals surface area (Å²) >= 11 is 0. The fourth-order valence-electron chi connectivity index (χ4n) is 3.71. The molecular weight excluding hydrogens is 482 g/mol. The number of methoxy groups -OCH3 is 1. The minimum absolute atomic E-state index is 0.0936. The van der Waals surface area contributed by atoms with Gasteiger partial charge in [-0.1, -0.05) is 12.1 Å². The summed E-state index contributed by atoms with van der Waals surface area (Å²) in [5, 5.41) is 21.8. The van der Waals surface area contributed by atoms with Crippen LogP contribution in [0.15, 0.2) is 48.8 Å². The molecule has 36 heavy (non-hydrogen) atoms. The number of hydrogen-bond acceptors (Lipinski definition) is 6. The molecular formula is C23H17F4N7O2. The summed E-state index contributed by atoms with van der Waals surface area (Å²) in [6, 6.07) is 9.19. The molecule has 4 aromatic rings. The van der Waals surface area contributed by atoms with Gasteiger partial charge < -0.3 is 21.1 Å². The van der Waals surface area contributed by atoms with E-state index in [1.165, 1.54) is 30.0 Å². The van der Waals surface area contributed by atoms with Gasteiger partial charge in [0.2, 0.25) is 0 Å². The van der Waals surface area contributed by atoms with E-state index in [1.54, 1.807) is 12.1 Å². The monoisotopic (exact) mass is 499 g/mol. The van der Waals surface area contributed by atoms with Crippen LogP contribution in [0.1, 0.15) is 16.8 Å². The number of nitrogen functional groups attached to an aromatic ring is 1. The molecule has 2 amide bonds. The van der Waals surface area contributed by atoms with Gasteiger partial charge in [-0.05, 0) is 35.9 Å². The number of urea groups is 1. The molecule has 4 rings (SSSR count). The molecule has 4 N–H and O–H groups in total. The predicted octanol–water partition coefficient (Wildman–Crippen LogP) is 4.80. The van der Waals surface area contributed by atoms with Crippen molar-refractivity contribution in [1.82, 2.24) is 14.6 Å². The van der Waals surface area contributed by atoms with Crippen LogP contribution < -0.4 is 16.4 Å². The molecule has 0 saturated carbocycles. The molecule has 9 nitrogen and oxygen atoms in total. The third-order valence-electron chi connectivity index (χ3n) is 5.25. The molecule has 0 bridgehead atoms. The van der Waals surface area contributed by atoms with Crippen molar-refractivity contribution in [2.45, 2.75) is 12.8 Å². The van der Waals surface area contributed by atoms with E-state index >= 15 is 0 Å². The van der Waals surface area contributed by atoms with Crippen molar-refractivity contribution in [3.63, 3.8) is 0 Å². The summed E-state index contributed by atoms with van der Waals surface area (Å²) in [6.45, 7) is 0.101. The summed E-state index contributed by atoms with van der Waals surface area (Å²) in [5.41, 5.74) is 7.07. The number of hydrogen-bond donors (Lipinski definition) is 3. The van der Waals surface area contributed by atoms with Gasteiger partial charge in [0.05, 0.1) is 17.9 Å². The van der Waals surface area contributed by atoms with Gasteiger partial charge in [0.15, 0.2) is 5.82 Å². The molecule has 0 radical (unpaired) electrons. The molecule has 0 aliphatic carbocycles. The average Bonchev–Trinajstić information content (AvgIpc) is 3.15. The number of benzene rings is 2. The van der Waals surface area contributed by atoms with Gasteiger partial charge in [-0.25, -0.2) is 9.18 Å². The van der Waals surface area contributed by atoms with Crippen molar-refractivity contribution in [1.29, 1.82) is 5.26 Å². The van der Waals surface area contributed by atoms with Crippen LogP contribution in [0.25, 0.3) is 16.6 Å². The van der Waals surface area contributed by atoms with Crippen molar-refractivity contribution in [2.24, 2.45) is 0 Å². The lowest BCUT2D eigenvalue weighted by molar-refractivity contribution is -0.137. The highest BCUT2D eigenvalue weighted by atomic mass is 19.4. The zero-order chi connectivity index (χ0) is 26.0. The van der Waals surface area contributed by atoms with E-state index in [9.17, 15) is 27.6 Å². The number of anilines is 3. The highest BCUT2D eigenvalue weighted by Crippen LogP contribution is 2.36. The zero-order valence-corrected chi connectivity index (χ0v) is 18.5. The number of amides is 2. The Morgan fingerprint density at radius 3 is 2.56 bits per heavy atom. The van der Waals surface area contributed by atoms with Gasteiger partial charge in [0, 0.05) is 23.9 Å². The minimum atomic E-state index is -4.69. The minimum Gasteiger partial charge on any atom is -0.380 e. The van der Waals surface area contributed by atoms with Crippen molar-refractivity contribution >= 4 is 28.7 Å². The highest BCUT2D eigenvalue weighted by molar-refractivity contribution is 6.00. The normalized spacial score (nSPS) is 11.3. The first kappa shape index (κ1) is 24.4. The number of ether oxygens (including phenoxy) is 1. The Balaban J connectivity index is 1.62. The van der Waals surface area contributed by atoms with Crippen LogP contribution in [0, 0.1) is 17.1 Å². The van der Waals surface area contributed by atoms with Crippen LogP contribution in [0.3, 0.4) is 0 Å². The van der Waals surface area contributed by atoms with Gasteiger partial charge in [0.25, 0.3) is 0 Å². The zero-order valence-electron chi connectivity index (χ0n) is 18.5. The number of fused-ring (bicyclic) bond motifs is 1. The molecule has 2 aromatic carbocycles. The Morgan fingerprint density at radius 2 is 1.92 bits per heavy atom. The first-order valence-electron chi connectivity index (χ1n) is 10.2. The molecule has 184 valence electrons. The number of nitrogens with two attached hydrogens (primary N) is 1. The number of carbonyl (C=O) groups is 1. The molecule has 0 aliphatic heterocycles. The van der Waals surface area contributed by atoms with Crippen LogP contribution in [-0.2, 0) is 17.5 Å². The van der Waals surface area contributed by atoms with Gasteiger partial charge in [-0.2, -0.15) is 18.4 Å². The molecule has 13 heteroatoms. The molecule has 0 atom stereocenters. The van der Waals surface area contributed by atoms with Crippen molar-refractivity contribution in [3.05, 3.63) is 71.4 Å². The molecule has 0 fully saturated rings. The van der Waals surface area contributed by atoms with E-state index in [0.29, 0.717) is 40.4 Å². The molecule has 0 spiro atoms. The summed E-state index contributed by atoms with van der Waals surface area (Å²) in [7, 11) is 1.48. The number of carbonyl (C=O) groups excluding carboxylic acids is 1. The van der Waals surface area contributed by atoms with Gasteiger partial charge in [0.1, 0.15) is 29.4 Å². The Labute approximate surface area is 201 Å². The quantitative estimate of drug-likeness (QED) is 0.338. The summed E-state index contributed by atoms with van der Waals surface area (Å²) in [6.07, 6.45) is -3.33. The first-order valence-corrected chi connectivity index (χ1v) is 10.2. The topological polar surface area (TPSA) is 130 Å². The van der Waals surface area contributed by atoms with Crippen molar-refractivity contribution in [3.8, 4) is 17.2 Å². The molecule has 2 aromatic heterocycles. The van der Waals surface area contributed by atoms with Crippen LogP contribution in [0.4, 0.5) is 39.5 Å². The number of aromatic nitrogens is 3. The maximum Gasteiger partial charge on any atom is 0.416 e. The fourth-order valence-corrected chi connectivity index (χ4v) is 3.71. The Hall–Kier alpha value is -4.70. The van der Waals surface area contributed by atoms with Crippen LogP contribution in [0.5, 0.6) is 0 Å². The molecule has 0 aliphatic rings. The van der Waals surface area contributed by atoms with Crippen LogP contribution >= 0.6 is 0 Å². The second-order valence-corrected chi connectivity index (χ2v) is 7.53. The van der Waals surface area contributed by atoms with Crippen LogP contribution in [0.2, 0.25) is 0 Å². The number of nitrogens with zero attached hydrogens (tertiary/aromatic N) is 4. The largest absolute Gasteiger partial charge is 0.416 e. The SMILES string of the molecule is COCc1c(-c2ccc(NC(=O)Nc3cc(C(F)(F)F)ccc3F)cc2)c2c(N)nncn2c1C#N. The smallest absolute Gasteiger partial charge is 0.380 e. The van der Waals surface area contributed by atoms with Crippen molar-refractivity contribution < 1.29 is 27.1 Å². The van der Waals surface area contributed by atoms with E-state index in [2.05, 4.69) is 26.9 Å². The molecule has 0 saturated heterocycles. The summed E-state index contributed by atoms with van der Waals surface area (Å²) in [5.74, 6) is -0.926. The van der Waals surface area contributed by atoms with E-state index < -0.39 is 29.3 Å². The lowest BCUT2D eigenvalue weighted by Crippen LogP contribution is -2.20. The summed E-state index contributed by atoms with van der Waals surface area (Å²) < 4.78 is 59.4.